The molecule has 0 radical (unpaired) electrons. The molecule has 0 saturated heterocycles. The summed E-state index contributed by atoms with van der Waals surface area (Å²) >= 11 is 6.02. The van der Waals surface area contributed by atoms with Crippen molar-refractivity contribution in [2.75, 3.05) is 13.2 Å². The van der Waals surface area contributed by atoms with Crippen LogP contribution in [0.15, 0.2) is 48.5 Å². The van der Waals surface area contributed by atoms with Crippen LogP contribution in [0, 0.1) is 13.8 Å². The van der Waals surface area contributed by atoms with Crippen LogP contribution in [-0.4, -0.2) is 19.1 Å². The summed E-state index contributed by atoms with van der Waals surface area (Å²) in [4.78, 5) is 11.7. The Morgan fingerprint density at radius 3 is 2.70 bits per heavy atom. The third-order valence-corrected chi connectivity index (χ3v) is 3.81. The molecular formula is C19H20ClNO2. The predicted molar refractivity (Wildman–Crippen MR) is 94.9 cm³/mol. The van der Waals surface area contributed by atoms with Crippen molar-refractivity contribution >= 4 is 23.6 Å². The Morgan fingerprint density at radius 1 is 1.17 bits per heavy atom. The zero-order chi connectivity index (χ0) is 16.7. The monoisotopic (exact) mass is 329 g/mol. The summed E-state index contributed by atoms with van der Waals surface area (Å²) in [7, 11) is 0. The highest BCUT2D eigenvalue weighted by atomic mass is 35.5. The Kier molecular flexibility index (Phi) is 6.24. The molecule has 2 aromatic carbocycles. The molecule has 120 valence electrons. The number of amides is 1. The lowest BCUT2D eigenvalue weighted by molar-refractivity contribution is -0.116. The fourth-order valence-corrected chi connectivity index (χ4v) is 2.18. The van der Waals surface area contributed by atoms with Gasteiger partial charge in [-0.3, -0.25) is 4.79 Å². The van der Waals surface area contributed by atoms with Gasteiger partial charge in [0.05, 0.1) is 6.54 Å². The lowest BCUT2D eigenvalue weighted by Crippen LogP contribution is -2.26. The third kappa shape index (κ3) is 5.46. The van der Waals surface area contributed by atoms with Gasteiger partial charge in [-0.2, -0.15) is 0 Å². The first kappa shape index (κ1) is 17.1. The maximum Gasteiger partial charge on any atom is 0.244 e. The number of hydrogen-bond acceptors (Lipinski definition) is 2. The minimum atomic E-state index is -0.173. The van der Waals surface area contributed by atoms with Gasteiger partial charge in [0, 0.05) is 11.1 Å². The molecule has 4 heteroatoms. The summed E-state index contributed by atoms with van der Waals surface area (Å²) in [6.45, 7) is 4.97. The first-order chi connectivity index (χ1) is 11.1. The van der Waals surface area contributed by atoms with Crippen LogP contribution >= 0.6 is 11.6 Å². The highest BCUT2D eigenvalue weighted by Gasteiger charge is 1.99. The molecule has 0 aromatic heterocycles. The minimum absolute atomic E-state index is 0.173. The zero-order valence-corrected chi connectivity index (χ0v) is 14.1. The molecule has 0 unspecified atom stereocenters. The van der Waals surface area contributed by atoms with Crippen molar-refractivity contribution in [3.63, 3.8) is 0 Å². The molecule has 2 rings (SSSR count). The van der Waals surface area contributed by atoms with E-state index in [4.69, 9.17) is 16.3 Å². The highest BCUT2D eigenvalue weighted by molar-refractivity contribution is 6.32. The molecular weight excluding hydrogens is 310 g/mol. The second-order valence-corrected chi connectivity index (χ2v) is 5.65. The number of ether oxygens (including phenoxy) is 1. The van der Waals surface area contributed by atoms with Gasteiger partial charge < -0.3 is 10.1 Å². The molecule has 0 fully saturated rings. The Balaban J connectivity index is 1.74. The molecule has 0 heterocycles. The Labute approximate surface area is 141 Å². The van der Waals surface area contributed by atoms with Gasteiger partial charge in [0.1, 0.15) is 12.4 Å². The summed E-state index contributed by atoms with van der Waals surface area (Å²) in [6.07, 6.45) is 3.17. The second kappa shape index (κ2) is 8.39. The fraction of sp³-hybridized carbons (Fsp3) is 0.211. The van der Waals surface area contributed by atoms with Crippen LogP contribution in [0.3, 0.4) is 0 Å². The van der Waals surface area contributed by atoms with Gasteiger partial charge in [0.15, 0.2) is 0 Å². The zero-order valence-electron chi connectivity index (χ0n) is 13.3. The van der Waals surface area contributed by atoms with Crippen molar-refractivity contribution in [3.05, 3.63) is 70.3 Å². The number of aryl methyl sites for hydroxylation is 2. The van der Waals surface area contributed by atoms with Crippen LogP contribution in [0.25, 0.3) is 6.08 Å². The minimum Gasteiger partial charge on any atom is -0.492 e. The van der Waals surface area contributed by atoms with Crippen molar-refractivity contribution in [1.82, 2.24) is 5.32 Å². The van der Waals surface area contributed by atoms with Crippen LogP contribution in [-0.2, 0) is 4.79 Å². The molecule has 0 saturated carbocycles. The van der Waals surface area contributed by atoms with Crippen molar-refractivity contribution in [2.45, 2.75) is 13.8 Å². The molecule has 0 atom stereocenters. The number of carbonyl (C=O) groups is 1. The average Bonchev–Trinajstić information content (AvgIpc) is 2.54. The molecule has 1 amide bonds. The molecule has 0 aliphatic heterocycles. The number of carbonyl (C=O) groups excluding carboxylic acids is 1. The van der Waals surface area contributed by atoms with Gasteiger partial charge in [-0.05, 0) is 54.8 Å². The van der Waals surface area contributed by atoms with E-state index in [1.165, 1.54) is 17.2 Å². The average molecular weight is 330 g/mol. The van der Waals surface area contributed by atoms with Crippen molar-refractivity contribution in [2.24, 2.45) is 0 Å². The summed E-state index contributed by atoms with van der Waals surface area (Å²) < 4.78 is 5.61. The van der Waals surface area contributed by atoms with E-state index in [-0.39, 0.29) is 5.91 Å². The number of halogens is 1. The van der Waals surface area contributed by atoms with Gasteiger partial charge in [-0.15, -0.1) is 0 Å². The van der Waals surface area contributed by atoms with E-state index in [9.17, 15) is 4.79 Å². The summed E-state index contributed by atoms with van der Waals surface area (Å²) in [5, 5.41) is 3.39. The third-order valence-electron chi connectivity index (χ3n) is 3.47. The first-order valence-corrected chi connectivity index (χ1v) is 7.84. The van der Waals surface area contributed by atoms with E-state index in [0.29, 0.717) is 18.2 Å². The molecule has 0 spiro atoms. The van der Waals surface area contributed by atoms with E-state index >= 15 is 0 Å². The van der Waals surface area contributed by atoms with E-state index in [2.05, 4.69) is 12.2 Å². The lowest BCUT2D eigenvalue weighted by atomic mass is 10.1. The second-order valence-electron chi connectivity index (χ2n) is 5.24. The van der Waals surface area contributed by atoms with Crippen molar-refractivity contribution in [1.29, 1.82) is 0 Å². The first-order valence-electron chi connectivity index (χ1n) is 7.47. The van der Waals surface area contributed by atoms with Crippen molar-refractivity contribution in [3.8, 4) is 5.75 Å². The van der Waals surface area contributed by atoms with Gasteiger partial charge in [0.2, 0.25) is 5.91 Å². The molecule has 3 nitrogen and oxygen atoms in total. The largest absolute Gasteiger partial charge is 0.492 e. The number of rotatable bonds is 6. The van der Waals surface area contributed by atoms with E-state index in [1.807, 2.05) is 43.3 Å². The van der Waals surface area contributed by atoms with Gasteiger partial charge in [-0.1, -0.05) is 35.9 Å². The molecule has 0 aliphatic carbocycles. The highest BCUT2D eigenvalue weighted by Crippen LogP contribution is 2.16. The van der Waals surface area contributed by atoms with Gasteiger partial charge >= 0.3 is 0 Å². The maximum atomic E-state index is 11.7. The predicted octanol–water partition coefficient (Wildman–Crippen LogP) is 4.17. The quantitative estimate of drug-likeness (QED) is 0.638. The number of nitrogens with one attached hydrogen (secondary N) is 1. The smallest absolute Gasteiger partial charge is 0.244 e. The Bertz CT molecular complexity index is 710. The summed E-state index contributed by atoms with van der Waals surface area (Å²) in [5.74, 6) is 0.641. The fourth-order valence-electron chi connectivity index (χ4n) is 1.98. The van der Waals surface area contributed by atoms with Gasteiger partial charge in [0.25, 0.3) is 0 Å². The van der Waals surface area contributed by atoms with Crippen LogP contribution in [0.1, 0.15) is 16.7 Å². The normalized spacial score (nSPS) is 10.7. The molecule has 23 heavy (non-hydrogen) atoms. The Hall–Kier alpha value is -2.26. The SMILES string of the molecule is Cc1ccc(OCCNC(=O)/C=C/c2ccccc2Cl)cc1C. The van der Waals surface area contributed by atoms with Crippen molar-refractivity contribution < 1.29 is 9.53 Å². The van der Waals surface area contributed by atoms with Crippen LogP contribution < -0.4 is 10.1 Å². The van der Waals surface area contributed by atoms with Crippen LogP contribution in [0.2, 0.25) is 5.02 Å². The Morgan fingerprint density at radius 2 is 1.96 bits per heavy atom. The molecule has 2 aromatic rings. The van der Waals surface area contributed by atoms with Gasteiger partial charge in [-0.25, -0.2) is 0 Å². The lowest BCUT2D eigenvalue weighted by Gasteiger charge is -2.08. The summed E-state index contributed by atoms with van der Waals surface area (Å²) in [6, 6.07) is 13.3. The van der Waals surface area contributed by atoms with E-state index in [1.54, 1.807) is 12.1 Å². The number of hydrogen-bond donors (Lipinski definition) is 1. The van der Waals surface area contributed by atoms with E-state index < -0.39 is 0 Å². The van der Waals surface area contributed by atoms with Crippen LogP contribution in [0.4, 0.5) is 0 Å². The van der Waals surface area contributed by atoms with Crippen LogP contribution in [0.5, 0.6) is 5.75 Å². The number of benzene rings is 2. The maximum absolute atomic E-state index is 11.7. The summed E-state index contributed by atoms with van der Waals surface area (Å²) in [5.41, 5.74) is 3.24. The molecule has 1 N–H and O–H groups in total. The standard InChI is InChI=1S/C19H20ClNO2/c1-14-7-9-17(13-15(14)2)23-12-11-21-19(22)10-8-16-5-3-4-6-18(16)20/h3-10,13H,11-12H2,1-2H3,(H,21,22)/b10-8+. The molecule has 0 aliphatic rings. The van der Waals surface area contributed by atoms with E-state index in [0.717, 1.165) is 11.3 Å². The topological polar surface area (TPSA) is 38.3 Å². The molecule has 0 bridgehead atoms.